The van der Waals surface area contributed by atoms with Gasteiger partial charge in [-0.1, -0.05) is 6.07 Å². The molecule has 0 amide bonds. The summed E-state index contributed by atoms with van der Waals surface area (Å²) in [6.45, 7) is 5.72. The van der Waals surface area contributed by atoms with Crippen LogP contribution in [0.2, 0.25) is 0 Å². The summed E-state index contributed by atoms with van der Waals surface area (Å²) in [5, 5.41) is 3.14. The SMILES string of the molecule is CNCc1cnc(N(C)Cc2cccc(C)n2)c(C)c1. The Bertz CT molecular complexity index is 580. The molecule has 0 aliphatic rings. The molecule has 0 aromatic carbocycles. The lowest BCUT2D eigenvalue weighted by Crippen LogP contribution is -2.20. The maximum atomic E-state index is 4.57. The molecule has 0 saturated carbocycles. The first-order valence-electron chi connectivity index (χ1n) is 6.84. The van der Waals surface area contributed by atoms with Gasteiger partial charge in [0.15, 0.2) is 0 Å². The van der Waals surface area contributed by atoms with Crippen molar-refractivity contribution in [3.63, 3.8) is 0 Å². The number of anilines is 1. The molecule has 2 aromatic heterocycles. The van der Waals surface area contributed by atoms with Gasteiger partial charge in [0.2, 0.25) is 0 Å². The van der Waals surface area contributed by atoms with Crippen LogP contribution in [0.3, 0.4) is 0 Å². The number of nitrogens with zero attached hydrogens (tertiary/aromatic N) is 3. The van der Waals surface area contributed by atoms with Crippen molar-refractivity contribution in [1.29, 1.82) is 0 Å². The van der Waals surface area contributed by atoms with Gasteiger partial charge in [-0.3, -0.25) is 4.98 Å². The fourth-order valence-electron chi connectivity index (χ4n) is 2.33. The van der Waals surface area contributed by atoms with Crippen molar-refractivity contribution in [2.75, 3.05) is 19.0 Å². The van der Waals surface area contributed by atoms with Gasteiger partial charge in [0.25, 0.3) is 0 Å². The van der Waals surface area contributed by atoms with Crippen molar-refractivity contribution < 1.29 is 0 Å². The van der Waals surface area contributed by atoms with E-state index in [2.05, 4.69) is 40.2 Å². The van der Waals surface area contributed by atoms with E-state index in [1.54, 1.807) is 0 Å². The highest BCUT2D eigenvalue weighted by molar-refractivity contribution is 5.46. The van der Waals surface area contributed by atoms with Crippen molar-refractivity contribution in [3.05, 3.63) is 53.0 Å². The van der Waals surface area contributed by atoms with E-state index in [1.165, 1.54) is 11.1 Å². The Morgan fingerprint density at radius 2 is 2.05 bits per heavy atom. The predicted octanol–water partition coefficient (Wildman–Crippen LogP) is 2.45. The summed E-state index contributed by atoms with van der Waals surface area (Å²) in [5.74, 6) is 1.01. The highest BCUT2D eigenvalue weighted by atomic mass is 15.2. The average molecular weight is 270 g/mol. The lowest BCUT2D eigenvalue weighted by Gasteiger charge is -2.20. The first kappa shape index (κ1) is 14.5. The van der Waals surface area contributed by atoms with E-state index in [0.717, 1.165) is 30.3 Å². The van der Waals surface area contributed by atoms with Crippen molar-refractivity contribution >= 4 is 5.82 Å². The minimum Gasteiger partial charge on any atom is -0.354 e. The molecule has 0 atom stereocenters. The summed E-state index contributed by atoms with van der Waals surface area (Å²) in [5.41, 5.74) is 4.50. The fourth-order valence-corrected chi connectivity index (χ4v) is 2.33. The average Bonchev–Trinajstić information content (AvgIpc) is 2.39. The van der Waals surface area contributed by atoms with E-state index in [0.29, 0.717) is 0 Å². The number of hydrogen-bond acceptors (Lipinski definition) is 4. The first-order valence-corrected chi connectivity index (χ1v) is 6.84. The third kappa shape index (κ3) is 3.54. The Morgan fingerprint density at radius 3 is 2.70 bits per heavy atom. The smallest absolute Gasteiger partial charge is 0.131 e. The molecule has 106 valence electrons. The molecule has 4 heteroatoms. The first-order chi connectivity index (χ1) is 9.60. The number of aromatic nitrogens is 2. The Balaban J connectivity index is 2.14. The van der Waals surface area contributed by atoms with E-state index < -0.39 is 0 Å². The summed E-state index contributed by atoms with van der Waals surface area (Å²) in [4.78, 5) is 11.2. The standard InChI is InChI=1S/C16H22N4/c1-12-8-14(9-17-3)10-18-16(12)20(4)11-15-7-5-6-13(2)19-15/h5-8,10,17H,9,11H2,1-4H3. The minimum atomic E-state index is 0.765. The molecular formula is C16H22N4. The largest absolute Gasteiger partial charge is 0.354 e. The van der Waals surface area contributed by atoms with Gasteiger partial charge < -0.3 is 10.2 Å². The van der Waals surface area contributed by atoms with Gasteiger partial charge in [-0.05, 0) is 50.2 Å². The van der Waals surface area contributed by atoms with Crippen LogP contribution in [0.15, 0.2) is 30.5 Å². The van der Waals surface area contributed by atoms with Crippen LogP contribution in [0.4, 0.5) is 5.82 Å². The highest BCUT2D eigenvalue weighted by Crippen LogP contribution is 2.18. The molecule has 0 saturated heterocycles. The molecule has 0 unspecified atom stereocenters. The zero-order valence-electron chi connectivity index (χ0n) is 12.6. The molecule has 4 nitrogen and oxygen atoms in total. The van der Waals surface area contributed by atoms with Crippen LogP contribution in [0.1, 0.15) is 22.5 Å². The fraction of sp³-hybridized carbons (Fsp3) is 0.375. The minimum absolute atomic E-state index is 0.765. The Morgan fingerprint density at radius 1 is 1.25 bits per heavy atom. The molecule has 20 heavy (non-hydrogen) atoms. The van der Waals surface area contributed by atoms with Gasteiger partial charge in [-0.2, -0.15) is 0 Å². The summed E-state index contributed by atoms with van der Waals surface area (Å²) in [6.07, 6.45) is 1.93. The van der Waals surface area contributed by atoms with Gasteiger partial charge in [0.05, 0.1) is 12.2 Å². The highest BCUT2D eigenvalue weighted by Gasteiger charge is 2.08. The normalized spacial score (nSPS) is 10.6. The van der Waals surface area contributed by atoms with Gasteiger partial charge in [-0.25, -0.2) is 4.98 Å². The van der Waals surface area contributed by atoms with Crippen molar-refractivity contribution in [3.8, 4) is 0 Å². The van der Waals surface area contributed by atoms with Crippen LogP contribution >= 0.6 is 0 Å². The predicted molar refractivity (Wildman–Crippen MR) is 82.8 cm³/mol. The Labute approximate surface area is 120 Å². The van der Waals surface area contributed by atoms with Gasteiger partial charge >= 0.3 is 0 Å². The summed E-state index contributed by atoms with van der Waals surface area (Å²) in [7, 11) is 4.00. The summed E-state index contributed by atoms with van der Waals surface area (Å²) >= 11 is 0. The molecular weight excluding hydrogens is 248 g/mol. The van der Waals surface area contributed by atoms with Crippen LogP contribution in [-0.2, 0) is 13.1 Å². The molecule has 0 radical (unpaired) electrons. The third-order valence-corrected chi connectivity index (χ3v) is 3.19. The molecule has 0 fully saturated rings. The molecule has 0 aliphatic carbocycles. The Kier molecular flexibility index (Phi) is 4.69. The topological polar surface area (TPSA) is 41.1 Å². The number of hydrogen-bond donors (Lipinski definition) is 1. The maximum Gasteiger partial charge on any atom is 0.131 e. The lowest BCUT2D eigenvalue weighted by atomic mass is 10.2. The number of aryl methyl sites for hydroxylation is 2. The second-order valence-corrected chi connectivity index (χ2v) is 5.14. The lowest BCUT2D eigenvalue weighted by molar-refractivity contribution is 0.805. The van der Waals surface area contributed by atoms with E-state index >= 15 is 0 Å². The van der Waals surface area contributed by atoms with Crippen LogP contribution in [0.5, 0.6) is 0 Å². The zero-order chi connectivity index (χ0) is 14.5. The zero-order valence-corrected chi connectivity index (χ0v) is 12.6. The monoisotopic (exact) mass is 270 g/mol. The van der Waals surface area contributed by atoms with Gasteiger partial charge in [0, 0.05) is 25.5 Å². The third-order valence-electron chi connectivity index (χ3n) is 3.19. The molecule has 0 aliphatic heterocycles. The molecule has 2 rings (SSSR count). The van der Waals surface area contributed by atoms with Crippen molar-refractivity contribution in [2.45, 2.75) is 26.9 Å². The molecule has 2 heterocycles. The summed E-state index contributed by atoms with van der Waals surface area (Å²) < 4.78 is 0. The quantitative estimate of drug-likeness (QED) is 0.906. The van der Waals surface area contributed by atoms with Crippen molar-refractivity contribution in [1.82, 2.24) is 15.3 Å². The van der Waals surface area contributed by atoms with Crippen LogP contribution in [0, 0.1) is 13.8 Å². The number of rotatable bonds is 5. The van der Waals surface area contributed by atoms with Crippen molar-refractivity contribution in [2.24, 2.45) is 0 Å². The molecule has 2 aromatic rings. The van der Waals surface area contributed by atoms with Gasteiger partial charge in [-0.15, -0.1) is 0 Å². The second-order valence-electron chi connectivity index (χ2n) is 5.14. The second kappa shape index (κ2) is 6.48. The molecule has 0 bridgehead atoms. The van der Waals surface area contributed by atoms with Crippen LogP contribution < -0.4 is 10.2 Å². The van der Waals surface area contributed by atoms with E-state index in [1.807, 2.05) is 38.4 Å². The summed E-state index contributed by atoms with van der Waals surface area (Å²) in [6, 6.07) is 8.29. The van der Waals surface area contributed by atoms with E-state index in [4.69, 9.17) is 0 Å². The van der Waals surface area contributed by atoms with E-state index in [-0.39, 0.29) is 0 Å². The van der Waals surface area contributed by atoms with Crippen LogP contribution in [0.25, 0.3) is 0 Å². The number of pyridine rings is 2. The van der Waals surface area contributed by atoms with Gasteiger partial charge in [0.1, 0.15) is 5.82 Å². The Hall–Kier alpha value is -1.94. The van der Waals surface area contributed by atoms with E-state index in [9.17, 15) is 0 Å². The van der Waals surface area contributed by atoms with Crippen LogP contribution in [-0.4, -0.2) is 24.1 Å². The molecule has 1 N–H and O–H groups in total. The number of nitrogens with one attached hydrogen (secondary N) is 1. The molecule has 0 spiro atoms. The maximum absolute atomic E-state index is 4.57.